The summed E-state index contributed by atoms with van der Waals surface area (Å²) in [7, 11) is 0. The van der Waals surface area contributed by atoms with Crippen molar-refractivity contribution in [3.05, 3.63) is 48.3 Å². The number of aromatic nitrogens is 2. The molecule has 1 aliphatic rings. The molecule has 2 heterocycles. The lowest BCUT2D eigenvalue weighted by Gasteiger charge is -2.32. The largest absolute Gasteiger partial charge is 0.338 e. The summed E-state index contributed by atoms with van der Waals surface area (Å²) in [6.45, 7) is 6.84. The minimum absolute atomic E-state index is 0.127. The smallest absolute Gasteiger partial charge is 0.319 e. The van der Waals surface area contributed by atoms with Gasteiger partial charge in [-0.2, -0.15) is 5.10 Å². The number of rotatable bonds is 6. The molecule has 1 fully saturated rings. The van der Waals surface area contributed by atoms with Gasteiger partial charge in [-0.15, -0.1) is 0 Å². The summed E-state index contributed by atoms with van der Waals surface area (Å²) in [4.78, 5) is 14.5. The molecule has 2 N–H and O–H groups in total. The number of nitrogens with one attached hydrogen (secondary N) is 2. The number of piperidine rings is 1. The summed E-state index contributed by atoms with van der Waals surface area (Å²) < 4.78 is 1.97. The molecular weight excluding hydrogens is 314 g/mol. The van der Waals surface area contributed by atoms with Gasteiger partial charge in [0.2, 0.25) is 0 Å². The van der Waals surface area contributed by atoms with Gasteiger partial charge in [-0.05, 0) is 50.4 Å². The number of carbonyl (C=O) groups excluding carboxylic acids is 1. The van der Waals surface area contributed by atoms with Gasteiger partial charge in [0.1, 0.15) is 0 Å². The second-order valence-corrected chi connectivity index (χ2v) is 6.78. The first-order valence-electron chi connectivity index (χ1n) is 9.00. The lowest BCUT2D eigenvalue weighted by molar-refractivity contribution is 0.166. The van der Waals surface area contributed by atoms with Crippen LogP contribution in [0.15, 0.2) is 42.7 Å². The van der Waals surface area contributed by atoms with Gasteiger partial charge in [-0.3, -0.25) is 4.68 Å². The van der Waals surface area contributed by atoms with Crippen molar-refractivity contribution in [1.82, 2.24) is 20.0 Å². The van der Waals surface area contributed by atoms with E-state index < -0.39 is 0 Å². The molecule has 0 spiro atoms. The number of benzene rings is 1. The minimum Gasteiger partial charge on any atom is -0.338 e. The molecule has 6 nitrogen and oxygen atoms in total. The van der Waals surface area contributed by atoms with Gasteiger partial charge < -0.3 is 15.5 Å². The van der Waals surface area contributed by atoms with E-state index >= 15 is 0 Å². The van der Waals surface area contributed by atoms with E-state index in [1.165, 1.54) is 18.4 Å². The van der Waals surface area contributed by atoms with Gasteiger partial charge in [0, 0.05) is 37.7 Å². The molecular formula is C19H27N5O. The highest BCUT2D eigenvalue weighted by atomic mass is 16.2. The van der Waals surface area contributed by atoms with Gasteiger partial charge >= 0.3 is 6.03 Å². The second-order valence-electron chi connectivity index (χ2n) is 6.78. The highest BCUT2D eigenvalue weighted by Gasteiger charge is 2.20. The van der Waals surface area contributed by atoms with Crippen LogP contribution in [0.1, 0.15) is 18.4 Å². The van der Waals surface area contributed by atoms with Crippen LogP contribution in [0.2, 0.25) is 0 Å². The Morgan fingerprint density at radius 1 is 1.28 bits per heavy atom. The molecule has 0 unspecified atom stereocenters. The van der Waals surface area contributed by atoms with Crippen molar-refractivity contribution >= 4 is 11.7 Å². The molecule has 2 amide bonds. The number of anilines is 1. The van der Waals surface area contributed by atoms with Gasteiger partial charge in [0.25, 0.3) is 0 Å². The molecule has 134 valence electrons. The zero-order valence-electron chi connectivity index (χ0n) is 14.8. The minimum atomic E-state index is -0.127. The Kier molecular flexibility index (Phi) is 6.06. The standard InChI is InChI=1S/C19H27N5O/c1-16-5-7-18(8-6-16)22-19(25)20-14-17-4-2-10-23(15-17)12-13-24-11-3-9-21-24/h3,5-9,11,17H,2,4,10,12-15H2,1H3,(H2,20,22,25)/t17-/m0/s1. The molecule has 0 aliphatic carbocycles. The van der Waals surface area contributed by atoms with Crippen molar-refractivity contribution in [3.63, 3.8) is 0 Å². The molecule has 1 aromatic heterocycles. The van der Waals surface area contributed by atoms with Crippen LogP contribution in [0, 0.1) is 12.8 Å². The average molecular weight is 341 g/mol. The Bertz CT molecular complexity index is 653. The fraction of sp³-hybridized carbons (Fsp3) is 0.474. The summed E-state index contributed by atoms with van der Waals surface area (Å²) in [6, 6.07) is 9.66. The molecule has 2 aromatic rings. The van der Waals surface area contributed by atoms with Crippen molar-refractivity contribution in [3.8, 4) is 0 Å². The van der Waals surface area contributed by atoms with E-state index in [-0.39, 0.29) is 6.03 Å². The van der Waals surface area contributed by atoms with Crippen molar-refractivity contribution in [2.75, 3.05) is 31.5 Å². The van der Waals surface area contributed by atoms with Gasteiger partial charge in [-0.1, -0.05) is 17.7 Å². The van der Waals surface area contributed by atoms with Crippen molar-refractivity contribution in [1.29, 1.82) is 0 Å². The summed E-state index contributed by atoms with van der Waals surface area (Å²) in [5, 5.41) is 10.1. The highest BCUT2D eigenvalue weighted by molar-refractivity contribution is 5.89. The van der Waals surface area contributed by atoms with Crippen LogP contribution in [0.5, 0.6) is 0 Å². The SMILES string of the molecule is Cc1ccc(NC(=O)NC[C@@H]2CCCN(CCn3cccn3)C2)cc1. The maximum Gasteiger partial charge on any atom is 0.319 e. The predicted octanol–water partition coefficient (Wildman–Crippen LogP) is 2.73. The molecule has 1 atom stereocenters. The third kappa shape index (κ3) is 5.60. The van der Waals surface area contributed by atoms with E-state index in [9.17, 15) is 4.79 Å². The highest BCUT2D eigenvalue weighted by Crippen LogP contribution is 2.16. The number of urea groups is 1. The second kappa shape index (κ2) is 8.67. The normalized spacial score (nSPS) is 18.0. The Labute approximate surface area is 149 Å². The van der Waals surface area contributed by atoms with E-state index in [4.69, 9.17) is 0 Å². The van der Waals surface area contributed by atoms with Crippen LogP contribution in [0.25, 0.3) is 0 Å². The fourth-order valence-electron chi connectivity index (χ4n) is 3.25. The fourth-order valence-corrected chi connectivity index (χ4v) is 3.25. The summed E-state index contributed by atoms with van der Waals surface area (Å²) >= 11 is 0. The predicted molar refractivity (Wildman–Crippen MR) is 99.6 cm³/mol. The van der Waals surface area contributed by atoms with E-state index in [1.54, 1.807) is 0 Å². The Balaban J connectivity index is 1.38. The van der Waals surface area contributed by atoms with E-state index in [1.807, 2.05) is 54.3 Å². The Morgan fingerprint density at radius 2 is 2.12 bits per heavy atom. The number of carbonyl (C=O) groups is 1. The van der Waals surface area contributed by atoms with Crippen LogP contribution in [-0.4, -0.2) is 46.9 Å². The number of likely N-dealkylation sites (tertiary alicyclic amines) is 1. The Hall–Kier alpha value is -2.34. The molecule has 1 aliphatic heterocycles. The summed E-state index contributed by atoms with van der Waals surface area (Å²) in [6.07, 6.45) is 6.17. The van der Waals surface area contributed by atoms with Gasteiger partial charge in [0.15, 0.2) is 0 Å². The number of nitrogens with zero attached hydrogens (tertiary/aromatic N) is 3. The van der Waals surface area contributed by atoms with Crippen LogP contribution in [0.4, 0.5) is 10.5 Å². The number of hydrogen-bond donors (Lipinski definition) is 2. The van der Waals surface area contributed by atoms with Crippen LogP contribution >= 0.6 is 0 Å². The zero-order valence-corrected chi connectivity index (χ0v) is 14.8. The first-order valence-corrected chi connectivity index (χ1v) is 9.00. The van der Waals surface area contributed by atoms with E-state index in [0.29, 0.717) is 5.92 Å². The first kappa shape index (κ1) is 17.5. The molecule has 3 rings (SSSR count). The zero-order chi connectivity index (χ0) is 17.5. The molecule has 0 radical (unpaired) electrons. The van der Waals surface area contributed by atoms with Gasteiger partial charge in [0.05, 0.1) is 6.54 Å². The maximum atomic E-state index is 12.1. The van der Waals surface area contributed by atoms with Gasteiger partial charge in [-0.25, -0.2) is 4.79 Å². The lowest BCUT2D eigenvalue weighted by atomic mass is 9.98. The monoisotopic (exact) mass is 341 g/mol. The van der Waals surface area contributed by atoms with E-state index in [2.05, 4.69) is 20.6 Å². The average Bonchev–Trinajstić information content (AvgIpc) is 3.14. The third-order valence-corrected chi connectivity index (χ3v) is 4.67. The maximum absolute atomic E-state index is 12.1. The topological polar surface area (TPSA) is 62.2 Å². The van der Waals surface area contributed by atoms with E-state index in [0.717, 1.165) is 38.4 Å². The van der Waals surface area contributed by atoms with Crippen molar-refractivity contribution < 1.29 is 4.79 Å². The molecule has 6 heteroatoms. The summed E-state index contributed by atoms with van der Waals surface area (Å²) in [5.41, 5.74) is 2.01. The van der Waals surface area contributed by atoms with Crippen molar-refractivity contribution in [2.45, 2.75) is 26.3 Å². The number of aryl methyl sites for hydroxylation is 1. The molecule has 1 saturated heterocycles. The Morgan fingerprint density at radius 3 is 2.88 bits per heavy atom. The van der Waals surface area contributed by atoms with Crippen LogP contribution in [-0.2, 0) is 6.54 Å². The summed E-state index contributed by atoms with van der Waals surface area (Å²) in [5.74, 6) is 0.509. The van der Waals surface area contributed by atoms with Crippen molar-refractivity contribution in [2.24, 2.45) is 5.92 Å². The number of hydrogen-bond acceptors (Lipinski definition) is 3. The molecule has 0 saturated carbocycles. The first-order chi connectivity index (χ1) is 12.2. The molecule has 25 heavy (non-hydrogen) atoms. The molecule has 1 aromatic carbocycles. The van der Waals surface area contributed by atoms with Crippen LogP contribution < -0.4 is 10.6 Å². The third-order valence-electron chi connectivity index (χ3n) is 4.67. The quantitative estimate of drug-likeness (QED) is 0.849. The molecule has 0 bridgehead atoms. The lowest BCUT2D eigenvalue weighted by Crippen LogP contribution is -2.42. The number of amides is 2. The van der Waals surface area contributed by atoms with Crippen LogP contribution in [0.3, 0.4) is 0 Å².